The van der Waals surface area contributed by atoms with Crippen LogP contribution in [0.2, 0.25) is 0 Å². The molecule has 0 amide bonds. The quantitative estimate of drug-likeness (QED) is 0.766. The molecule has 1 heterocycles. The molecule has 100 valence electrons. The van der Waals surface area contributed by atoms with E-state index in [0.717, 1.165) is 12.1 Å². The standard InChI is InChI=1S/C14H11F3O2/c1-8-6-12(9(2)19-8)13(18)10-4-3-5-11(7-10)14(15,16)17/h3-7H,1-2H3. The second kappa shape index (κ2) is 4.57. The Morgan fingerprint density at radius 3 is 2.37 bits per heavy atom. The van der Waals surface area contributed by atoms with Gasteiger partial charge in [-0.15, -0.1) is 0 Å². The van der Waals surface area contributed by atoms with Gasteiger partial charge in [0.2, 0.25) is 0 Å². The Bertz CT molecular complexity index is 624. The van der Waals surface area contributed by atoms with Gasteiger partial charge in [-0.05, 0) is 32.0 Å². The first-order valence-electron chi connectivity index (χ1n) is 5.58. The second-order valence-electron chi connectivity index (χ2n) is 4.23. The number of alkyl halides is 3. The molecule has 0 aliphatic heterocycles. The van der Waals surface area contributed by atoms with Crippen LogP contribution in [0, 0.1) is 13.8 Å². The van der Waals surface area contributed by atoms with E-state index in [-0.39, 0.29) is 11.1 Å². The van der Waals surface area contributed by atoms with E-state index in [9.17, 15) is 18.0 Å². The van der Waals surface area contributed by atoms with Crippen molar-refractivity contribution in [3.8, 4) is 0 Å². The van der Waals surface area contributed by atoms with Crippen LogP contribution < -0.4 is 0 Å². The smallest absolute Gasteiger partial charge is 0.416 e. The van der Waals surface area contributed by atoms with Crippen molar-refractivity contribution in [2.75, 3.05) is 0 Å². The van der Waals surface area contributed by atoms with Gasteiger partial charge in [0.05, 0.1) is 11.1 Å². The summed E-state index contributed by atoms with van der Waals surface area (Å²) in [5.41, 5.74) is -0.549. The summed E-state index contributed by atoms with van der Waals surface area (Å²) in [6.45, 7) is 3.28. The van der Waals surface area contributed by atoms with Gasteiger partial charge in [0.15, 0.2) is 5.78 Å². The number of ketones is 1. The largest absolute Gasteiger partial charge is 0.466 e. The van der Waals surface area contributed by atoms with E-state index in [4.69, 9.17) is 4.42 Å². The lowest BCUT2D eigenvalue weighted by molar-refractivity contribution is -0.137. The topological polar surface area (TPSA) is 30.2 Å². The van der Waals surface area contributed by atoms with Crippen LogP contribution in [0.4, 0.5) is 13.2 Å². The SMILES string of the molecule is Cc1cc(C(=O)c2cccc(C(F)(F)F)c2)c(C)o1. The lowest BCUT2D eigenvalue weighted by atomic mass is 10.0. The number of carbonyl (C=O) groups is 1. The molecule has 0 N–H and O–H groups in total. The third-order valence-electron chi connectivity index (χ3n) is 2.74. The van der Waals surface area contributed by atoms with Crippen molar-refractivity contribution in [1.29, 1.82) is 0 Å². The Kier molecular flexibility index (Phi) is 3.22. The maximum atomic E-state index is 12.6. The average Bonchev–Trinajstić information content (AvgIpc) is 2.66. The number of halogens is 3. The molecule has 0 atom stereocenters. The number of furan rings is 1. The molecule has 0 radical (unpaired) electrons. The van der Waals surface area contributed by atoms with Gasteiger partial charge >= 0.3 is 6.18 Å². The zero-order valence-electron chi connectivity index (χ0n) is 10.3. The molecule has 2 nitrogen and oxygen atoms in total. The van der Waals surface area contributed by atoms with Crippen LogP contribution in [-0.4, -0.2) is 5.78 Å². The highest BCUT2D eigenvalue weighted by Crippen LogP contribution is 2.30. The van der Waals surface area contributed by atoms with Gasteiger partial charge in [-0.25, -0.2) is 0 Å². The highest BCUT2D eigenvalue weighted by molar-refractivity contribution is 6.09. The Labute approximate surface area is 107 Å². The highest BCUT2D eigenvalue weighted by atomic mass is 19.4. The molecule has 0 saturated carbocycles. The van der Waals surface area contributed by atoms with Crippen LogP contribution in [-0.2, 0) is 6.18 Å². The van der Waals surface area contributed by atoms with Crippen LogP contribution in [0.3, 0.4) is 0 Å². The Balaban J connectivity index is 2.43. The van der Waals surface area contributed by atoms with Crippen molar-refractivity contribution in [2.45, 2.75) is 20.0 Å². The predicted molar refractivity (Wildman–Crippen MR) is 63.1 cm³/mol. The van der Waals surface area contributed by atoms with Gasteiger partial charge in [-0.1, -0.05) is 12.1 Å². The normalized spacial score (nSPS) is 11.6. The van der Waals surface area contributed by atoms with Gasteiger partial charge < -0.3 is 4.42 Å². The first kappa shape index (κ1) is 13.4. The molecule has 2 aromatic rings. The summed E-state index contributed by atoms with van der Waals surface area (Å²) in [6.07, 6.45) is -4.46. The summed E-state index contributed by atoms with van der Waals surface area (Å²) >= 11 is 0. The molecule has 19 heavy (non-hydrogen) atoms. The molecule has 0 aliphatic rings. The van der Waals surface area contributed by atoms with Gasteiger partial charge in [-0.3, -0.25) is 4.79 Å². The summed E-state index contributed by atoms with van der Waals surface area (Å²) in [7, 11) is 0. The van der Waals surface area contributed by atoms with E-state index < -0.39 is 17.5 Å². The summed E-state index contributed by atoms with van der Waals surface area (Å²) in [4.78, 5) is 12.1. The minimum atomic E-state index is -4.46. The van der Waals surface area contributed by atoms with E-state index >= 15 is 0 Å². The highest BCUT2D eigenvalue weighted by Gasteiger charge is 2.31. The molecule has 0 saturated heterocycles. The van der Waals surface area contributed by atoms with Crippen molar-refractivity contribution in [2.24, 2.45) is 0 Å². The molecule has 0 unspecified atom stereocenters. The molecule has 1 aromatic heterocycles. The first-order valence-corrected chi connectivity index (χ1v) is 5.58. The molecule has 0 bridgehead atoms. The number of aryl methyl sites for hydroxylation is 2. The molecule has 5 heteroatoms. The zero-order chi connectivity index (χ0) is 14.2. The molecule has 0 spiro atoms. The van der Waals surface area contributed by atoms with Crippen LogP contribution >= 0.6 is 0 Å². The fourth-order valence-electron chi connectivity index (χ4n) is 1.85. The number of carbonyl (C=O) groups excluding carboxylic acids is 1. The number of benzene rings is 1. The summed E-state index contributed by atoms with van der Waals surface area (Å²) in [5.74, 6) is 0.480. The maximum Gasteiger partial charge on any atom is 0.416 e. The fraction of sp³-hybridized carbons (Fsp3) is 0.214. The molecule has 0 aliphatic carbocycles. The molecular formula is C14H11F3O2. The van der Waals surface area contributed by atoms with Crippen LogP contribution in [0.5, 0.6) is 0 Å². The number of hydrogen-bond acceptors (Lipinski definition) is 2. The van der Waals surface area contributed by atoms with Gasteiger partial charge in [-0.2, -0.15) is 13.2 Å². The van der Waals surface area contributed by atoms with Crippen molar-refractivity contribution in [3.05, 3.63) is 58.5 Å². The van der Waals surface area contributed by atoms with Crippen molar-refractivity contribution in [1.82, 2.24) is 0 Å². The van der Waals surface area contributed by atoms with Crippen molar-refractivity contribution >= 4 is 5.78 Å². The maximum absolute atomic E-state index is 12.6. The lowest BCUT2D eigenvalue weighted by Crippen LogP contribution is -2.08. The van der Waals surface area contributed by atoms with Gasteiger partial charge in [0.1, 0.15) is 11.5 Å². The summed E-state index contributed by atoms with van der Waals surface area (Å²) in [6, 6.07) is 5.89. The van der Waals surface area contributed by atoms with E-state index in [1.807, 2.05) is 0 Å². The number of hydrogen-bond donors (Lipinski definition) is 0. The minimum absolute atomic E-state index is 0.00118. The Morgan fingerprint density at radius 2 is 1.84 bits per heavy atom. The molecule has 2 rings (SSSR count). The van der Waals surface area contributed by atoms with E-state index in [2.05, 4.69) is 0 Å². The fourth-order valence-corrected chi connectivity index (χ4v) is 1.85. The van der Waals surface area contributed by atoms with Crippen LogP contribution in [0.25, 0.3) is 0 Å². The molecule has 0 fully saturated rings. The molecular weight excluding hydrogens is 257 g/mol. The van der Waals surface area contributed by atoms with Crippen molar-refractivity contribution in [3.63, 3.8) is 0 Å². The first-order chi connectivity index (χ1) is 8.79. The third kappa shape index (κ3) is 2.70. The van der Waals surface area contributed by atoms with E-state index in [0.29, 0.717) is 11.5 Å². The number of rotatable bonds is 2. The van der Waals surface area contributed by atoms with Crippen LogP contribution in [0.1, 0.15) is 33.0 Å². The monoisotopic (exact) mass is 268 g/mol. The zero-order valence-corrected chi connectivity index (χ0v) is 10.3. The van der Waals surface area contributed by atoms with Crippen molar-refractivity contribution < 1.29 is 22.4 Å². The average molecular weight is 268 g/mol. The lowest BCUT2D eigenvalue weighted by Gasteiger charge is -2.07. The van der Waals surface area contributed by atoms with Crippen LogP contribution in [0.15, 0.2) is 34.7 Å². The van der Waals surface area contributed by atoms with E-state index in [1.165, 1.54) is 18.2 Å². The predicted octanol–water partition coefficient (Wildman–Crippen LogP) is 4.15. The van der Waals surface area contributed by atoms with Gasteiger partial charge in [0, 0.05) is 5.56 Å². The summed E-state index contributed by atoms with van der Waals surface area (Å²) in [5, 5.41) is 0. The molecule has 1 aromatic carbocycles. The third-order valence-corrected chi connectivity index (χ3v) is 2.74. The second-order valence-corrected chi connectivity index (χ2v) is 4.23. The minimum Gasteiger partial charge on any atom is -0.466 e. The van der Waals surface area contributed by atoms with E-state index in [1.54, 1.807) is 13.8 Å². The Hall–Kier alpha value is -2.04. The Morgan fingerprint density at radius 1 is 1.16 bits per heavy atom. The van der Waals surface area contributed by atoms with Gasteiger partial charge in [0.25, 0.3) is 0 Å². The summed E-state index contributed by atoms with van der Waals surface area (Å²) < 4.78 is 43.0.